The summed E-state index contributed by atoms with van der Waals surface area (Å²) >= 11 is 0. The Hall–Kier alpha value is -1.77. The van der Waals surface area contributed by atoms with Crippen LogP contribution in [0.25, 0.3) is 0 Å². The maximum Gasteiger partial charge on any atom is 0.218 e. The molecule has 4 rings (SSSR count). The smallest absolute Gasteiger partial charge is 0.218 e. The lowest BCUT2D eigenvalue weighted by Crippen LogP contribution is -2.40. The zero-order valence-corrected chi connectivity index (χ0v) is 18.3. The molecule has 0 bridgehead atoms. The molecule has 0 radical (unpaired) electrons. The summed E-state index contributed by atoms with van der Waals surface area (Å²) in [6.07, 6.45) is 5.56. The van der Waals surface area contributed by atoms with Crippen molar-refractivity contribution in [1.82, 2.24) is 13.9 Å². The molecule has 164 valence electrons. The first-order chi connectivity index (χ1) is 14.4. The van der Waals surface area contributed by atoms with E-state index in [1.165, 1.54) is 10.4 Å². The highest BCUT2D eigenvalue weighted by molar-refractivity contribution is 7.88. The first-order valence-electron chi connectivity index (χ1n) is 10.7. The minimum atomic E-state index is -3.52. The third-order valence-electron chi connectivity index (χ3n) is 6.38. The van der Waals surface area contributed by atoms with Crippen LogP contribution in [0, 0.1) is 18.7 Å². The summed E-state index contributed by atoms with van der Waals surface area (Å²) in [4.78, 5) is 4.68. The SMILES string of the molecule is Cc1cnc(C2CCOCC2)n1CC1CCN(S(=O)(=O)Cc2ccccc2F)CC1. The summed E-state index contributed by atoms with van der Waals surface area (Å²) in [6, 6.07) is 6.09. The second-order valence-electron chi connectivity index (χ2n) is 8.45. The number of halogens is 1. The van der Waals surface area contributed by atoms with Gasteiger partial charge in [-0.1, -0.05) is 18.2 Å². The number of ether oxygens (including phenoxy) is 1. The second kappa shape index (κ2) is 9.16. The van der Waals surface area contributed by atoms with E-state index < -0.39 is 15.8 Å². The van der Waals surface area contributed by atoms with E-state index in [9.17, 15) is 12.8 Å². The van der Waals surface area contributed by atoms with Gasteiger partial charge < -0.3 is 9.30 Å². The summed E-state index contributed by atoms with van der Waals surface area (Å²) in [5, 5.41) is 0. The van der Waals surface area contributed by atoms with Crippen molar-refractivity contribution < 1.29 is 17.5 Å². The van der Waals surface area contributed by atoms with E-state index >= 15 is 0 Å². The first-order valence-corrected chi connectivity index (χ1v) is 12.4. The van der Waals surface area contributed by atoms with Crippen molar-refractivity contribution in [3.05, 3.63) is 53.4 Å². The Morgan fingerprint density at radius 2 is 1.83 bits per heavy atom. The second-order valence-corrected chi connectivity index (χ2v) is 10.4. The third-order valence-corrected chi connectivity index (χ3v) is 8.20. The van der Waals surface area contributed by atoms with Crippen molar-refractivity contribution in [2.24, 2.45) is 5.92 Å². The number of rotatable bonds is 6. The fraction of sp³-hybridized carbons (Fsp3) is 0.591. The van der Waals surface area contributed by atoms with Crippen molar-refractivity contribution in [2.75, 3.05) is 26.3 Å². The van der Waals surface area contributed by atoms with Crippen LogP contribution in [0.3, 0.4) is 0 Å². The number of sulfonamides is 1. The molecule has 2 aliphatic rings. The highest BCUT2D eigenvalue weighted by Gasteiger charge is 2.30. The molecule has 1 aromatic heterocycles. The minimum Gasteiger partial charge on any atom is -0.381 e. The monoisotopic (exact) mass is 435 g/mol. The van der Waals surface area contributed by atoms with Crippen LogP contribution in [0.2, 0.25) is 0 Å². The van der Waals surface area contributed by atoms with Crippen molar-refractivity contribution in [1.29, 1.82) is 0 Å². The maximum atomic E-state index is 13.9. The number of hydrogen-bond donors (Lipinski definition) is 0. The molecule has 0 atom stereocenters. The number of aromatic nitrogens is 2. The number of hydrogen-bond acceptors (Lipinski definition) is 4. The predicted molar refractivity (Wildman–Crippen MR) is 113 cm³/mol. The van der Waals surface area contributed by atoms with E-state index in [-0.39, 0.29) is 11.3 Å². The van der Waals surface area contributed by atoms with Crippen molar-refractivity contribution in [3.8, 4) is 0 Å². The molecule has 6 nitrogen and oxygen atoms in total. The van der Waals surface area contributed by atoms with E-state index in [1.807, 2.05) is 6.20 Å². The highest BCUT2D eigenvalue weighted by atomic mass is 32.2. The summed E-state index contributed by atoms with van der Waals surface area (Å²) in [6.45, 7) is 5.51. The van der Waals surface area contributed by atoms with E-state index in [4.69, 9.17) is 4.74 Å². The molecule has 8 heteroatoms. The van der Waals surface area contributed by atoms with Crippen LogP contribution in [0.15, 0.2) is 30.5 Å². The van der Waals surface area contributed by atoms with Gasteiger partial charge in [-0.15, -0.1) is 0 Å². The van der Waals surface area contributed by atoms with Gasteiger partial charge in [-0.3, -0.25) is 0 Å². The Labute approximate surface area is 178 Å². The quantitative estimate of drug-likeness (QED) is 0.697. The first kappa shape index (κ1) is 21.5. The van der Waals surface area contributed by atoms with Gasteiger partial charge >= 0.3 is 0 Å². The molecule has 0 aliphatic carbocycles. The fourth-order valence-corrected chi connectivity index (χ4v) is 6.11. The van der Waals surface area contributed by atoms with Gasteiger partial charge in [0.1, 0.15) is 11.6 Å². The molecule has 0 saturated carbocycles. The Morgan fingerprint density at radius 1 is 1.13 bits per heavy atom. The topological polar surface area (TPSA) is 64.4 Å². The Bertz CT molecular complexity index is 962. The molecular formula is C22H30FN3O3S. The zero-order chi connectivity index (χ0) is 21.1. The Kier molecular flexibility index (Phi) is 6.55. The van der Waals surface area contributed by atoms with E-state index in [0.717, 1.165) is 57.0 Å². The van der Waals surface area contributed by atoms with Gasteiger partial charge in [-0.25, -0.2) is 22.1 Å². The molecule has 2 saturated heterocycles. The molecule has 0 amide bonds. The van der Waals surface area contributed by atoms with Crippen LogP contribution in [-0.4, -0.2) is 48.6 Å². The van der Waals surface area contributed by atoms with Crippen LogP contribution < -0.4 is 0 Å². The zero-order valence-electron chi connectivity index (χ0n) is 17.5. The largest absolute Gasteiger partial charge is 0.381 e. The lowest BCUT2D eigenvalue weighted by molar-refractivity contribution is 0.0824. The van der Waals surface area contributed by atoms with Crippen molar-refractivity contribution >= 4 is 10.0 Å². The van der Waals surface area contributed by atoms with Gasteiger partial charge in [0.15, 0.2) is 0 Å². The molecule has 0 N–H and O–H groups in total. The number of benzene rings is 1. The summed E-state index contributed by atoms with van der Waals surface area (Å²) in [5.41, 5.74) is 1.39. The Balaban J connectivity index is 1.37. The molecule has 1 aromatic carbocycles. The number of nitrogens with zero attached hydrogens (tertiary/aromatic N) is 3. The normalized spacial score (nSPS) is 19.9. The van der Waals surface area contributed by atoms with Gasteiger partial charge in [0, 0.05) is 56.2 Å². The van der Waals surface area contributed by atoms with Crippen molar-refractivity contribution in [2.45, 2.75) is 50.8 Å². The van der Waals surface area contributed by atoms with Crippen LogP contribution in [0.5, 0.6) is 0 Å². The molecule has 2 fully saturated rings. The molecule has 3 heterocycles. The van der Waals surface area contributed by atoms with Gasteiger partial charge in [-0.05, 0) is 44.6 Å². The number of piperidine rings is 1. The Morgan fingerprint density at radius 3 is 2.53 bits per heavy atom. The maximum absolute atomic E-state index is 13.9. The fourth-order valence-electron chi connectivity index (χ4n) is 4.53. The van der Waals surface area contributed by atoms with Gasteiger partial charge in [0.2, 0.25) is 10.0 Å². The molecule has 2 aliphatic heterocycles. The molecule has 0 unspecified atom stereocenters. The molecule has 2 aromatic rings. The minimum absolute atomic E-state index is 0.231. The number of imidazole rings is 1. The number of aryl methyl sites for hydroxylation is 1. The van der Waals surface area contributed by atoms with Crippen LogP contribution in [-0.2, 0) is 27.1 Å². The summed E-state index contributed by atoms with van der Waals surface area (Å²) < 4.78 is 48.8. The standard InChI is InChI=1S/C22H30FN3O3S/c1-17-14-24-22(19-8-12-29-13-9-19)26(17)15-18-6-10-25(11-7-18)30(27,28)16-20-4-2-3-5-21(20)23/h2-5,14,18-19H,6-13,15-16H2,1H3. The van der Waals surface area contributed by atoms with Gasteiger partial charge in [0.05, 0.1) is 5.75 Å². The average molecular weight is 436 g/mol. The lowest BCUT2D eigenvalue weighted by Gasteiger charge is -2.32. The van der Waals surface area contributed by atoms with Crippen molar-refractivity contribution in [3.63, 3.8) is 0 Å². The summed E-state index contributed by atoms with van der Waals surface area (Å²) in [5.74, 6) is 1.25. The van der Waals surface area contributed by atoms with E-state index in [2.05, 4.69) is 16.5 Å². The van der Waals surface area contributed by atoms with Gasteiger partial charge in [0.25, 0.3) is 0 Å². The third kappa shape index (κ3) is 4.76. The molecule has 30 heavy (non-hydrogen) atoms. The van der Waals surface area contributed by atoms with Crippen LogP contribution in [0.4, 0.5) is 4.39 Å². The van der Waals surface area contributed by atoms with Gasteiger partial charge in [-0.2, -0.15) is 0 Å². The molecular weight excluding hydrogens is 405 g/mol. The predicted octanol–water partition coefficient (Wildman–Crippen LogP) is 3.47. The van der Waals surface area contributed by atoms with E-state index in [1.54, 1.807) is 18.2 Å². The van der Waals surface area contributed by atoms with Crippen LogP contribution in [0.1, 0.15) is 48.7 Å². The average Bonchev–Trinajstić information content (AvgIpc) is 3.11. The highest BCUT2D eigenvalue weighted by Crippen LogP contribution is 2.29. The summed E-state index contributed by atoms with van der Waals surface area (Å²) in [7, 11) is -3.52. The van der Waals surface area contributed by atoms with E-state index in [0.29, 0.717) is 24.9 Å². The molecule has 0 spiro atoms. The van der Waals surface area contributed by atoms with Crippen LogP contribution >= 0.6 is 0 Å². The lowest BCUT2D eigenvalue weighted by atomic mass is 9.96.